The topological polar surface area (TPSA) is 0 Å². The van der Waals surface area contributed by atoms with Crippen LogP contribution in [0.15, 0.2) is 97.1 Å². The lowest BCUT2D eigenvalue weighted by molar-refractivity contribution is 0.254. The van der Waals surface area contributed by atoms with E-state index in [0.29, 0.717) is 32.5 Å². The molecule has 0 heteroatoms. The number of hydrogen-bond donors (Lipinski definition) is 0. The van der Waals surface area contributed by atoms with E-state index in [0.717, 1.165) is 23.0 Å². The molecule has 0 saturated heterocycles. The average molecular weight is 838 g/mol. The SMILES string of the molecule is CC(C)(C)C.CC(C)(C)C.CC(C)(C)C.CC(C)(C)C.CC(C)(C)C#Cc1ccccc1.CC(C)(C)C#Cc1ccccc1.CC(C)(C)C1CC1C(C)(C)C.c1ccccc1. The van der Waals surface area contributed by atoms with E-state index in [4.69, 9.17) is 0 Å². The number of benzene rings is 3. The molecule has 2 atom stereocenters. The standard InChI is InChI=1S/2C12H14.C11H22.C6H6.4C5H12/c2*1-12(2,3)10-9-11-7-5-4-6-8-11;1-10(2,3)8-7-9(8)11(4,5)6;1-2-4-6-5-3-1;4*1-5(2,3)4/h2*4-8H,1-3H3;8-9H,7H2,1-6H3;1-6H;4*1-4H3. The molecule has 61 heavy (non-hydrogen) atoms. The van der Waals surface area contributed by atoms with Crippen molar-refractivity contribution in [3.05, 3.63) is 108 Å². The fourth-order valence-corrected chi connectivity index (χ4v) is 4.06. The molecule has 0 amide bonds. The second-order valence-electron chi connectivity index (χ2n) is 27.1. The Labute approximate surface area is 385 Å². The predicted molar refractivity (Wildman–Crippen MR) is 283 cm³/mol. The zero-order valence-corrected chi connectivity index (χ0v) is 46.1. The minimum Gasteiger partial charge on any atom is -0.0920 e. The molecule has 4 rings (SSSR count). The van der Waals surface area contributed by atoms with Crippen LogP contribution in [0.3, 0.4) is 0 Å². The third kappa shape index (κ3) is 71.6. The van der Waals surface area contributed by atoms with E-state index in [2.05, 4.69) is 218 Å². The average Bonchev–Trinajstić information content (AvgIpc) is 3.85. The highest BCUT2D eigenvalue weighted by Gasteiger charge is 2.50. The van der Waals surface area contributed by atoms with Gasteiger partial charge in [0.25, 0.3) is 0 Å². The molecule has 0 radical (unpaired) electrons. The van der Waals surface area contributed by atoms with Gasteiger partial charge in [-0.25, -0.2) is 0 Å². The van der Waals surface area contributed by atoms with Crippen LogP contribution in [-0.2, 0) is 0 Å². The van der Waals surface area contributed by atoms with Crippen LogP contribution in [0, 0.1) is 78.8 Å². The second-order valence-corrected chi connectivity index (χ2v) is 27.1. The highest BCUT2D eigenvalue weighted by Crippen LogP contribution is 2.58. The van der Waals surface area contributed by atoms with Crippen LogP contribution in [0.2, 0.25) is 0 Å². The van der Waals surface area contributed by atoms with Crippen molar-refractivity contribution in [2.24, 2.45) is 55.2 Å². The maximum atomic E-state index is 3.19. The summed E-state index contributed by atoms with van der Waals surface area (Å²) in [6.07, 6.45) is 1.45. The molecule has 0 aromatic heterocycles. The zero-order valence-electron chi connectivity index (χ0n) is 46.1. The van der Waals surface area contributed by atoms with Crippen molar-refractivity contribution >= 4 is 0 Å². The quantitative estimate of drug-likeness (QED) is 0.198. The van der Waals surface area contributed by atoms with Crippen LogP contribution >= 0.6 is 0 Å². The van der Waals surface area contributed by atoms with Crippen LogP contribution in [-0.4, -0.2) is 0 Å². The largest absolute Gasteiger partial charge is 0.0920 e. The summed E-state index contributed by atoms with van der Waals surface area (Å²) in [5, 5.41) is 0. The van der Waals surface area contributed by atoms with Gasteiger partial charge in [0.15, 0.2) is 0 Å². The summed E-state index contributed by atoms with van der Waals surface area (Å²) in [5.74, 6) is 14.6. The Morgan fingerprint density at radius 2 is 0.459 bits per heavy atom. The zero-order chi connectivity index (χ0) is 49.2. The van der Waals surface area contributed by atoms with E-state index in [1.807, 2.05) is 97.1 Å². The lowest BCUT2D eigenvalue weighted by atomic mass is 9.81. The molecule has 1 saturated carbocycles. The van der Waals surface area contributed by atoms with E-state index in [1.165, 1.54) is 6.42 Å². The van der Waals surface area contributed by atoms with Crippen LogP contribution in [0.5, 0.6) is 0 Å². The van der Waals surface area contributed by atoms with Gasteiger partial charge >= 0.3 is 0 Å². The molecule has 0 N–H and O–H groups in total. The molecule has 2 unspecified atom stereocenters. The predicted octanol–water partition coefficient (Wildman–Crippen LogP) is 19.8. The summed E-state index contributed by atoms with van der Waals surface area (Å²) >= 11 is 0. The summed E-state index contributed by atoms with van der Waals surface area (Å²) < 4.78 is 0. The third-order valence-electron chi connectivity index (χ3n) is 6.39. The van der Waals surface area contributed by atoms with Crippen molar-refractivity contribution in [2.75, 3.05) is 0 Å². The van der Waals surface area contributed by atoms with E-state index in [9.17, 15) is 0 Å². The normalized spacial score (nSPS) is 14.6. The molecule has 0 spiro atoms. The van der Waals surface area contributed by atoms with Crippen molar-refractivity contribution in [3.63, 3.8) is 0 Å². The van der Waals surface area contributed by atoms with Crippen LogP contribution in [0.1, 0.15) is 211 Å². The van der Waals surface area contributed by atoms with Crippen molar-refractivity contribution in [1.82, 2.24) is 0 Å². The Morgan fingerprint density at radius 1 is 0.295 bits per heavy atom. The van der Waals surface area contributed by atoms with E-state index >= 15 is 0 Å². The summed E-state index contributed by atoms with van der Waals surface area (Å²) in [4.78, 5) is 0. The summed E-state index contributed by atoms with van der Waals surface area (Å²) in [5.41, 5.74) is 5.45. The Bertz CT molecular complexity index is 1390. The van der Waals surface area contributed by atoms with Gasteiger partial charge in [-0.05, 0) is 117 Å². The van der Waals surface area contributed by atoms with E-state index in [1.54, 1.807) is 0 Å². The first kappa shape index (κ1) is 64.4. The highest BCUT2D eigenvalue weighted by molar-refractivity contribution is 5.35. The fourth-order valence-electron chi connectivity index (χ4n) is 4.06. The lowest BCUT2D eigenvalue weighted by Crippen LogP contribution is -2.16. The number of rotatable bonds is 0. The Morgan fingerprint density at radius 3 is 0.590 bits per heavy atom. The molecule has 3 aromatic carbocycles. The minimum atomic E-state index is 0.0931. The summed E-state index contributed by atoms with van der Waals surface area (Å²) in [6, 6.07) is 32.1. The fraction of sp³-hybridized carbons (Fsp3) is 0.639. The van der Waals surface area contributed by atoms with E-state index in [-0.39, 0.29) is 10.8 Å². The van der Waals surface area contributed by atoms with Crippen molar-refractivity contribution in [2.45, 2.75) is 200 Å². The van der Waals surface area contributed by atoms with Crippen molar-refractivity contribution in [1.29, 1.82) is 0 Å². The molecular weight excluding hydrogens is 733 g/mol. The van der Waals surface area contributed by atoms with Crippen molar-refractivity contribution < 1.29 is 0 Å². The number of hydrogen-bond acceptors (Lipinski definition) is 0. The van der Waals surface area contributed by atoms with Gasteiger partial charge in [0, 0.05) is 22.0 Å². The minimum absolute atomic E-state index is 0.0931. The Hall–Kier alpha value is -3.22. The molecule has 1 aliphatic rings. The molecule has 3 aromatic rings. The van der Waals surface area contributed by atoms with Gasteiger partial charge in [-0.3, -0.25) is 0 Å². The first-order valence-corrected chi connectivity index (χ1v) is 23.0. The van der Waals surface area contributed by atoms with Crippen LogP contribution < -0.4 is 0 Å². The van der Waals surface area contributed by atoms with Gasteiger partial charge in [0.2, 0.25) is 0 Å². The van der Waals surface area contributed by atoms with Crippen molar-refractivity contribution in [3.8, 4) is 23.7 Å². The molecule has 0 bridgehead atoms. The first-order valence-electron chi connectivity index (χ1n) is 23.0. The molecule has 0 aliphatic heterocycles. The summed E-state index contributed by atoms with van der Waals surface area (Å²) in [7, 11) is 0. The Balaban J connectivity index is -0.000000315. The van der Waals surface area contributed by atoms with Gasteiger partial charge in [-0.1, -0.05) is 249 Å². The molecule has 1 aliphatic carbocycles. The molecular formula is C61H104. The molecule has 0 nitrogen and oxygen atoms in total. The third-order valence-corrected chi connectivity index (χ3v) is 6.39. The lowest BCUT2D eigenvalue weighted by Gasteiger charge is -2.24. The van der Waals surface area contributed by atoms with Gasteiger partial charge in [-0.15, -0.1) is 0 Å². The van der Waals surface area contributed by atoms with Gasteiger partial charge in [-0.2, -0.15) is 0 Å². The smallest absolute Gasteiger partial charge is 0.0245 e. The maximum Gasteiger partial charge on any atom is 0.0245 e. The van der Waals surface area contributed by atoms with Crippen LogP contribution in [0.4, 0.5) is 0 Å². The monoisotopic (exact) mass is 837 g/mol. The van der Waals surface area contributed by atoms with Gasteiger partial charge in [0.1, 0.15) is 0 Å². The second kappa shape index (κ2) is 29.2. The summed E-state index contributed by atoms with van der Waals surface area (Å²) in [6.45, 7) is 61.9. The highest BCUT2D eigenvalue weighted by atomic mass is 14.5. The molecule has 0 heterocycles. The van der Waals surface area contributed by atoms with Gasteiger partial charge in [0.05, 0.1) is 0 Å². The molecule has 348 valence electrons. The Kier molecular flexibility index (Phi) is 30.8. The van der Waals surface area contributed by atoms with E-state index < -0.39 is 0 Å². The van der Waals surface area contributed by atoms with Crippen LogP contribution in [0.25, 0.3) is 0 Å². The molecule has 1 fully saturated rings. The first-order chi connectivity index (χ1) is 26.9. The van der Waals surface area contributed by atoms with Gasteiger partial charge < -0.3 is 0 Å². The maximum absolute atomic E-state index is 3.19.